The van der Waals surface area contributed by atoms with Crippen LogP contribution in [-0.2, 0) is 4.79 Å². The minimum atomic E-state index is -0.255. The average Bonchev–Trinajstić information content (AvgIpc) is 2.17. The van der Waals surface area contributed by atoms with Gasteiger partial charge in [-0.25, -0.2) is 4.98 Å². The molecule has 0 unspecified atom stereocenters. The molecule has 1 aromatic rings. The number of ether oxygens (including phenoxy) is 1. The minimum absolute atomic E-state index is 0.0291. The molecular formula is C9H11N3O2S. The maximum Gasteiger partial charge on any atom is 0.231 e. The molecule has 0 radical (unpaired) electrons. The molecule has 0 fully saturated rings. The summed E-state index contributed by atoms with van der Waals surface area (Å²) in [6.07, 6.45) is 1.53. The molecule has 1 amide bonds. The summed E-state index contributed by atoms with van der Waals surface area (Å²) in [5.41, 5.74) is 5.81. The number of thiocarbonyl (C=S) groups is 1. The molecule has 0 aliphatic carbocycles. The van der Waals surface area contributed by atoms with Gasteiger partial charge in [-0.2, -0.15) is 0 Å². The van der Waals surface area contributed by atoms with Crippen LogP contribution >= 0.6 is 12.2 Å². The number of nitrogens with two attached hydrogens (primary N) is 1. The van der Waals surface area contributed by atoms with Crippen molar-refractivity contribution in [1.82, 2.24) is 4.98 Å². The maximum absolute atomic E-state index is 11.2. The van der Waals surface area contributed by atoms with Crippen LogP contribution in [0.3, 0.4) is 0 Å². The van der Waals surface area contributed by atoms with Gasteiger partial charge in [-0.3, -0.25) is 4.79 Å². The van der Waals surface area contributed by atoms with Crippen LogP contribution in [0.1, 0.15) is 6.42 Å². The second kappa shape index (κ2) is 5.26. The molecule has 1 aromatic heterocycles. The topological polar surface area (TPSA) is 77.2 Å². The van der Waals surface area contributed by atoms with Gasteiger partial charge in [0, 0.05) is 6.07 Å². The van der Waals surface area contributed by atoms with E-state index in [0.29, 0.717) is 11.6 Å². The van der Waals surface area contributed by atoms with Gasteiger partial charge < -0.3 is 15.8 Å². The highest BCUT2D eigenvalue weighted by Gasteiger charge is 2.03. The Hall–Kier alpha value is -1.69. The highest BCUT2D eigenvalue weighted by molar-refractivity contribution is 7.80. The van der Waals surface area contributed by atoms with Gasteiger partial charge in [-0.05, 0) is 6.07 Å². The largest absolute Gasteiger partial charge is 0.481 e. The zero-order valence-electron chi connectivity index (χ0n) is 8.19. The van der Waals surface area contributed by atoms with Crippen LogP contribution in [0.2, 0.25) is 0 Å². The normalized spacial score (nSPS) is 9.40. The number of rotatable bonds is 4. The van der Waals surface area contributed by atoms with Crippen LogP contribution < -0.4 is 15.8 Å². The lowest BCUT2D eigenvalue weighted by Crippen LogP contribution is -2.20. The minimum Gasteiger partial charge on any atom is -0.481 e. The lowest BCUT2D eigenvalue weighted by Gasteiger charge is -2.04. The molecule has 0 saturated heterocycles. The fourth-order valence-electron chi connectivity index (χ4n) is 0.938. The molecule has 0 atom stereocenters. The monoisotopic (exact) mass is 225 g/mol. The van der Waals surface area contributed by atoms with E-state index in [1.165, 1.54) is 13.3 Å². The average molecular weight is 225 g/mol. The molecule has 1 rings (SSSR count). The summed E-state index contributed by atoms with van der Waals surface area (Å²) < 4.78 is 4.87. The van der Waals surface area contributed by atoms with Crippen molar-refractivity contribution in [2.24, 2.45) is 5.73 Å². The molecule has 15 heavy (non-hydrogen) atoms. The first-order valence-corrected chi connectivity index (χ1v) is 4.61. The van der Waals surface area contributed by atoms with Gasteiger partial charge in [0.05, 0.1) is 30.4 Å². The van der Waals surface area contributed by atoms with Crippen LogP contribution in [0, 0.1) is 0 Å². The second-order valence-electron chi connectivity index (χ2n) is 2.78. The Bertz CT molecular complexity index is 364. The Morgan fingerprint density at radius 3 is 2.87 bits per heavy atom. The lowest BCUT2D eigenvalue weighted by molar-refractivity contribution is -0.115. The lowest BCUT2D eigenvalue weighted by atomic mass is 10.3. The van der Waals surface area contributed by atoms with Gasteiger partial charge in [0.25, 0.3) is 0 Å². The standard InChI is InChI=1S/C9H11N3O2S/c1-14-9-3-2-6(5-11-9)12-8(13)4-7(10)15/h2-3,5H,4H2,1H3,(H2,10,15)(H,12,13). The molecule has 0 aliphatic rings. The van der Waals surface area contributed by atoms with Crippen LogP contribution in [0.25, 0.3) is 0 Å². The van der Waals surface area contributed by atoms with E-state index >= 15 is 0 Å². The van der Waals surface area contributed by atoms with Crippen LogP contribution in [0.15, 0.2) is 18.3 Å². The van der Waals surface area contributed by atoms with Gasteiger partial charge in [0.15, 0.2) is 0 Å². The smallest absolute Gasteiger partial charge is 0.231 e. The fraction of sp³-hybridized carbons (Fsp3) is 0.222. The van der Waals surface area contributed by atoms with Gasteiger partial charge in [-0.15, -0.1) is 0 Å². The Balaban J connectivity index is 2.57. The molecule has 0 saturated carbocycles. The van der Waals surface area contributed by atoms with E-state index in [1.807, 2.05) is 0 Å². The molecule has 0 aliphatic heterocycles. The highest BCUT2D eigenvalue weighted by Crippen LogP contribution is 2.10. The summed E-state index contributed by atoms with van der Waals surface area (Å²) in [6.45, 7) is 0. The predicted molar refractivity (Wildman–Crippen MR) is 60.8 cm³/mol. The SMILES string of the molecule is COc1ccc(NC(=O)CC(N)=S)cn1. The van der Waals surface area contributed by atoms with Crippen molar-refractivity contribution >= 4 is 28.8 Å². The number of nitrogens with zero attached hydrogens (tertiary/aromatic N) is 1. The molecule has 1 heterocycles. The number of carbonyl (C=O) groups excluding carboxylic acids is 1. The first-order valence-electron chi connectivity index (χ1n) is 4.20. The van der Waals surface area contributed by atoms with Crippen molar-refractivity contribution in [2.45, 2.75) is 6.42 Å². The number of hydrogen-bond donors (Lipinski definition) is 2. The first kappa shape index (κ1) is 11.4. The summed E-state index contributed by atoms with van der Waals surface area (Å²) in [6, 6.07) is 3.33. The van der Waals surface area contributed by atoms with Gasteiger partial charge in [-0.1, -0.05) is 12.2 Å². The van der Waals surface area contributed by atoms with E-state index in [1.54, 1.807) is 12.1 Å². The van der Waals surface area contributed by atoms with Gasteiger partial charge in [0.2, 0.25) is 11.8 Å². The van der Waals surface area contributed by atoms with Crippen molar-refractivity contribution in [3.63, 3.8) is 0 Å². The number of anilines is 1. The number of carbonyl (C=O) groups is 1. The van der Waals surface area contributed by atoms with Crippen molar-refractivity contribution in [1.29, 1.82) is 0 Å². The molecule has 3 N–H and O–H groups in total. The quantitative estimate of drug-likeness (QED) is 0.738. The van der Waals surface area contributed by atoms with Crippen molar-refractivity contribution in [2.75, 3.05) is 12.4 Å². The van der Waals surface area contributed by atoms with Gasteiger partial charge in [0.1, 0.15) is 0 Å². The zero-order chi connectivity index (χ0) is 11.3. The number of nitrogens with one attached hydrogen (secondary N) is 1. The summed E-state index contributed by atoms with van der Waals surface area (Å²) in [5.74, 6) is 0.233. The molecule has 5 nitrogen and oxygen atoms in total. The highest BCUT2D eigenvalue weighted by atomic mass is 32.1. The van der Waals surface area contributed by atoms with E-state index in [-0.39, 0.29) is 17.3 Å². The van der Waals surface area contributed by atoms with Crippen LogP contribution in [-0.4, -0.2) is 23.0 Å². The number of aromatic nitrogens is 1. The molecule has 0 bridgehead atoms. The van der Waals surface area contributed by atoms with E-state index in [2.05, 4.69) is 22.5 Å². The Labute approximate surface area is 92.6 Å². The Kier molecular flexibility index (Phi) is 3.99. The van der Waals surface area contributed by atoms with Crippen LogP contribution in [0.4, 0.5) is 5.69 Å². The number of pyridine rings is 1. The summed E-state index contributed by atoms with van der Waals surface area (Å²) in [4.78, 5) is 15.3. The van der Waals surface area contributed by atoms with Crippen molar-refractivity contribution < 1.29 is 9.53 Å². The predicted octanol–water partition coefficient (Wildman–Crippen LogP) is 0.705. The molecule has 6 heteroatoms. The fourth-order valence-corrected chi connectivity index (χ4v) is 1.07. The molecule has 0 aromatic carbocycles. The van der Waals surface area contributed by atoms with Crippen molar-refractivity contribution in [3.8, 4) is 5.88 Å². The summed E-state index contributed by atoms with van der Waals surface area (Å²) >= 11 is 4.61. The number of hydrogen-bond acceptors (Lipinski definition) is 4. The van der Waals surface area contributed by atoms with E-state index in [9.17, 15) is 4.79 Å². The molecular weight excluding hydrogens is 214 g/mol. The maximum atomic E-state index is 11.2. The summed E-state index contributed by atoms with van der Waals surface area (Å²) in [5, 5.41) is 2.60. The zero-order valence-corrected chi connectivity index (χ0v) is 9.00. The first-order chi connectivity index (χ1) is 7.11. The van der Waals surface area contributed by atoms with E-state index in [0.717, 1.165) is 0 Å². The third kappa shape index (κ3) is 3.90. The number of amides is 1. The second-order valence-corrected chi connectivity index (χ2v) is 3.30. The Morgan fingerprint density at radius 2 is 2.40 bits per heavy atom. The van der Waals surface area contributed by atoms with E-state index in [4.69, 9.17) is 10.5 Å². The van der Waals surface area contributed by atoms with Crippen molar-refractivity contribution in [3.05, 3.63) is 18.3 Å². The Morgan fingerprint density at radius 1 is 1.67 bits per heavy atom. The number of methoxy groups -OCH3 is 1. The molecule has 0 spiro atoms. The molecule has 80 valence electrons. The van der Waals surface area contributed by atoms with E-state index < -0.39 is 0 Å². The summed E-state index contributed by atoms with van der Waals surface area (Å²) in [7, 11) is 1.52. The van der Waals surface area contributed by atoms with Crippen LogP contribution in [0.5, 0.6) is 5.88 Å². The van der Waals surface area contributed by atoms with Gasteiger partial charge >= 0.3 is 0 Å². The third-order valence-electron chi connectivity index (χ3n) is 1.56. The third-order valence-corrected chi connectivity index (χ3v) is 1.71.